The molecule has 0 saturated carbocycles. The lowest BCUT2D eigenvalue weighted by molar-refractivity contribution is -0.385. The number of imidazole rings is 1. The van der Waals surface area contributed by atoms with E-state index in [2.05, 4.69) is 4.98 Å². The van der Waals surface area contributed by atoms with Gasteiger partial charge < -0.3 is 4.74 Å². The van der Waals surface area contributed by atoms with Crippen LogP contribution in [0.4, 0.5) is 16.2 Å². The second kappa shape index (κ2) is 6.35. The number of nitrogens with zero attached hydrogens (tertiary/aromatic N) is 4. The third kappa shape index (κ3) is 3.13. The highest BCUT2D eigenvalue weighted by molar-refractivity contribution is 5.87. The first-order valence-corrected chi connectivity index (χ1v) is 6.98. The van der Waals surface area contributed by atoms with Gasteiger partial charge in [0.25, 0.3) is 11.4 Å². The van der Waals surface area contributed by atoms with E-state index in [4.69, 9.17) is 4.74 Å². The number of benzene rings is 2. The van der Waals surface area contributed by atoms with Crippen molar-refractivity contribution in [3.63, 3.8) is 0 Å². The average molecular weight is 342 g/mol. The first-order chi connectivity index (χ1) is 12.0. The number of hydrogen-bond donors (Lipinski definition) is 0. The third-order valence-corrected chi connectivity index (χ3v) is 3.48. The van der Waals surface area contributed by atoms with Crippen LogP contribution in [0.25, 0.3) is 11.0 Å². The van der Waals surface area contributed by atoms with E-state index in [-0.39, 0.29) is 29.1 Å². The first kappa shape index (κ1) is 16.1. The van der Waals surface area contributed by atoms with Gasteiger partial charge in [0.2, 0.25) is 0 Å². The molecule has 126 valence electrons. The van der Waals surface area contributed by atoms with Gasteiger partial charge in [-0.25, -0.2) is 14.3 Å². The fourth-order valence-electron chi connectivity index (χ4n) is 2.28. The molecule has 3 aromatic rings. The van der Waals surface area contributed by atoms with Gasteiger partial charge in [-0.05, 0) is 12.1 Å². The fraction of sp³-hybridized carbons (Fsp3) is 0.0667. The summed E-state index contributed by atoms with van der Waals surface area (Å²) in [6, 6.07) is 9.78. The molecule has 10 nitrogen and oxygen atoms in total. The van der Waals surface area contributed by atoms with Gasteiger partial charge in [0, 0.05) is 18.2 Å². The van der Waals surface area contributed by atoms with Crippen LogP contribution in [0.1, 0.15) is 5.56 Å². The minimum absolute atomic E-state index is 0.147. The lowest BCUT2D eigenvalue weighted by atomic mass is 10.2. The molecule has 0 aliphatic heterocycles. The molecule has 0 bridgehead atoms. The molecule has 0 amide bonds. The summed E-state index contributed by atoms with van der Waals surface area (Å²) in [6.07, 6.45) is 0.380. The third-order valence-electron chi connectivity index (χ3n) is 3.48. The van der Waals surface area contributed by atoms with Crippen molar-refractivity contribution in [2.24, 2.45) is 0 Å². The predicted molar refractivity (Wildman–Crippen MR) is 85.1 cm³/mol. The Hall–Kier alpha value is -3.82. The molecular weight excluding hydrogens is 332 g/mol. The van der Waals surface area contributed by atoms with Crippen LogP contribution >= 0.6 is 0 Å². The number of nitro benzene ring substituents is 2. The highest BCUT2D eigenvalue weighted by Gasteiger charge is 2.17. The number of rotatable bonds is 4. The zero-order chi connectivity index (χ0) is 18.0. The number of para-hydroxylation sites is 1. The molecular formula is C15H10N4O6. The van der Waals surface area contributed by atoms with E-state index in [0.717, 1.165) is 4.57 Å². The number of carbonyl (C=O) groups is 1. The molecule has 0 fully saturated rings. The Balaban J connectivity index is 1.82. The van der Waals surface area contributed by atoms with Gasteiger partial charge in [0.15, 0.2) is 0 Å². The molecule has 0 saturated heterocycles. The molecule has 0 aliphatic carbocycles. The molecule has 0 unspecified atom stereocenters. The number of carbonyl (C=O) groups excluding carboxylic acids is 1. The molecule has 1 heterocycles. The molecule has 0 atom stereocenters. The van der Waals surface area contributed by atoms with Crippen LogP contribution in [0.3, 0.4) is 0 Å². The van der Waals surface area contributed by atoms with Crippen LogP contribution in [0.5, 0.6) is 0 Å². The zero-order valence-electron chi connectivity index (χ0n) is 12.6. The van der Waals surface area contributed by atoms with E-state index >= 15 is 0 Å². The quantitative estimate of drug-likeness (QED) is 0.526. The van der Waals surface area contributed by atoms with E-state index in [1.807, 2.05) is 0 Å². The number of hydrogen-bond acceptors (Lipinski definition) is 7. The lowest BCUT2D eigenvalue weighted by Gasteiger charge is -2.06. The van der Waals surface area contributed by atoms with Crippen molar-refractivity contribution in [2.45, 2.75) is 6.61 Å². The van der Waals surface area contributed by atoms with E-state index < -0.39 is 15.9 Å². The van der Waals surface area contributed by atoms with Crippen molar-refractivity contribution in [2.75, 3.05) is 0 Å². The minimum atomic E-state index is -0.797. The van der Waals surface area contributed by atoms with Gasteiger partial charge in [-0.3, -0.25) is 20.2 Å². The van der Waals surface area contributed by atoms with Crippen molar-refractivity contribution < 1.29 is 19.4 Å². The summed E-state index contributed by atoms with van der Waals surface area (Å²) < 4.78 is 6.17. The Bertz CT molecular complexity index is 997. The van der Waals surface area contributed by atoms with Crippen molar-refractivity contribution in [1.29, 1.82) is 0 Å². The lowest BCUT2D eigenvalue weighted by Crippen LogP contribution is -2.13. The summed E-state index contributed by atoms with van der Waals surface area (Å²) in [6.45, 7) is -0.289. The summed E-state index contributed by atoms with van der Waals surface area (Å²) in [5.41, 5.74) is 0.545. The SMILES string of the molecule is O=C(OCc1ccccc1[N+](=O)[O-])n1cnc2cc([N+](=O)[O-])ccc21. The molecule has 3 rings (SSSR count). The van der Waals surface area contributed by atoms with Gasteiger partial charge in [0.1, 0.15) is 12.9 Å². The van der Waals surface area contributed by atoms with Crippen LogP contribution in [0.15, 0.2) is 48.8 Å². The van der Waals surface area contributed by atoms with Gasteiger partial charge in [-0.2, -0.15) is 0 Å². The Morgan fingerprint density at radius 3 is 2.60 bits per heavy atom. The molecule has 10 heteroatoms. The Kier molecular flexibility index (Phi) is 4.08. The minimum Gasteiger partial charge on any atom is -0.444 e. The second-order valence-electron chi connectivity index (χ2n) is 4.99. The Labute approximate surface area is 139 Å². The van der Waals surface area contributed by atoms with Gasteiger partial charge in [0.05, 0.1) is 26.4 Å². The summed E-state index contributed by atoms with van der Waals surface area (Å²) >= 11 is 0. The maximum absolute atomic E-state index is 12.2. The highest BCUT2D eigenvalue weighted by Crippen LogP contribution is 2.21. The maximum Gasteiger partial charge on any atom is 0.420 e. The van der Waals surface area contributed by atoms with E-state index in [9.17, 15) is 25.0 Å². The number of fused-ring (bicyclic) bond motifs is 1. The number of non-ortho nitro benzene ring substituents is 1. The largest absolute Gasteiger partial charge is 0.444 e. The number of ether oxygens (including phenoxy) is 1. The van der Waals surface area contributed by atoms with E-state index in [0.29, 0.717) is 5.52 Å². The van der Waals surface area contributed by atoms with Crippen LogP contribution < -0.4 is 0 Å². The molecule has 0 aliphatic rings. The van der Waals surface area contributed by atoms with Crippen LogP contribution in [-0.4, -0.2) is 25.5 Å². The predicted octanol–water partition coefficient (Wildman–Crippen LogP) is 3.04. The van der Waals surface area contributed by atoms with Crippen molar-refractivity contribution in [3.8, 4) is 0 Å². The zero-order valence-corrected chi connectivity index (χ0v) is 12.6. The van der Waals surface area contributed by atoms with Crippen LogP contribution in [0.2, 0.25) is 0 Å². The Morgan fingerprint density at radius 1 is 1.12 bits per heavy atom. The maximum atomic E-state index is 12.2. The normalized spacial score (nSPS) is 10.6. The van der Waals surface area contributed by atoms with E-state index in [1.165, 1.54) is 42.7 Å². The van der Waals surface area contributed by atoms with E-state index in [1.54, 1.807) is 6.07 Å². The second-order valence-corrected chi connectivity index (χ2v) is 4.99. The monoisotopic (exact) mass is 342 g/mol. The van der Waals surface area contributed by atoms with Crippen molar-refractivity contribution in [3.05, 3.63) is 74.6 Å². The molecule has 1 aromatic heterocycles. The van der Waals surface area contributed by atoms with Gasteiger partial charge >= 0.3 is 6.09 Å². The summed E-state index contributed by atoms with van der Waals surface area (Å²) in [7, 11) is 0. The summed E-state index contributed by atoms with van der Waals surface area (Å²) in [4.78, 5) is 36.7. The Morgan fingerprint density at radius 2 is 1.88 bits per heavy atom. The van der Waals surface area contributed by atoms with Crippen molar-refractivity contribution >= 4 is 28.5 Å². The fourth-order valence-corrected chi connectivity index (χ4v) is 2.28. The molecule has 2 aromatic carbocycles. The van der Waals surface area contributed by atoms with Crippen molar-refractivity contribution in [1.82, 2.24) is 9.55 Å². The smallest absolute Gasteiger partial charge is 0.420 e. The first-order valence-electron chi connectivity index (χ1n) is 6.98. The molecule has 0 spiro atoms. The van der Waals surface area contributed by atoms with Crippen LogP contribution in [-0.2, 0) is 11.3 Å². The summed E-state index contributed by atoms with van der Waals surface area (Å²) in [5, 5.41) is 21.7. The standard InChI is InChI=1S/C15H10N4O6/c20-15(25-8-10-3-1-2-4-13(10)19(23)24)17-9-16-12-7-11(18(21)22)5-6-14(12)17/h1-7,9H,8H2. The van der Waals surface area contributed by atoms with Crippen LogP contribution in [0, 0.1) is 20.2 Å². The summed E-state index contributed by atoms with van der Waals surface area (Å²) in [5.74, 6) is 0. The molecule has 0 radical (unpaired) electrons. The topological polar surface area (TPSA) is 130 Å². The van der Waals surface area contributed by atoms with Gasteiger partial charge in [-0.15, -0.1) is 0 Å². The molecule has 0 N–H and O–H groups in total. The number of aromatic nitrogens is 2. The average Bonchev–Trinajstić information content (AvgIpc) is 3.03. The number of nitro groups is 2. The van der Waals surface area contributed by atoms with Gasteiger partial charge in [-0.1, -0.05) is 12.1 Å². The highest BCUT2D eigenvalue weighted by atomic mass is 16.6. The molecule has 25 heavy (non-hydrogen) atoms.